The number of rotatable bonds is 11. The molecule has 0 aliphatic heterocycles. The number of nitrogens with one attached hydrogen (secondary N) is 2. The Balaban J connectivity index is 0. The van der Waals surface area contributed by atoms with Crippen LogP contribution >= 0.6 is 12.4 Å². The van der Waals surface area contributed by atoms with E-state index in [1.54, 1.807) is 0 Å². The van der Waals surface area contributed by atoms with Crippen LogP contribution in [0.4, 0.5) is 0 Å². The lowest BCUT2D eigenvalue weighted by molar-refractivity contribution is -0.121. The maximum Gasteiger partial charge on any atom is 0.235 e. The molecule has 0 aromatic rings. The minimum Gasteiger partial charge on any atom is -0.378 e. The molecule has 0 saturated carbocycles. The molecule has 0 radical (unpaired) electrons. The van der Waals surface area contributed by atoms with E-state index >= 15 is 0 Å². The minimum atomic E-state index is -3.52. The van der Waals surface area contributed by atoms with Crippen LogP contribution in [0, 0.1) is 0 Å². The zero-order chi connectivity index (χ0) is 16.5. The molecule has 0 atom stereocenters. The molecule has 0 aliphatic rings. The van der Waals surface area contributed by atoms with E-state index in [9.17, 15) is 13.2 Å². The van der Waals surface area contributed by atoms with Crippen LogP contribution in [0.2, 0.25) is 0 Å². The summed E-state index contributed by atoms with van der Waals surface area (Å²) in [6, 6.07) is 0. The van der Waals surface area contributed by atoms with Gasteiger partial charge in [-0.25, -0.2) is 13.1 Å². The number of hydrogen-bond donors (Lipinski definition) is 3. The molecule has 7 nitrogen and oxygen atoms in total. The molecule has 9 heteroatoms. The van der Waals surface area contributed by atoms with Crippen molar-refractivity contribution in [2.45, 2.75) is 52.2 Å². The van der Waals surface area contributed by atoms with Crippen molar-refractivity contribution in [3.05, 3.63) is 0 Å². The largest absolute Gasteiger partial charge is 0.378 e. The smallest absolute Gasteiger partial charge is 0.235 e. The molecule has 0 saturated heterocycles. The second-order valence-electron chi connectivity index (χ2n) is 5.30. The van der Waals surface area contributed by atoms with Crippen molar-refractivity contribution in [3.8, 4) is 0 Å². The summed E-state index contributed by atoms with van der Waals surface area (Å²) in [7, 11) is -3.52. The van der Waals surface area contributed by atoms with Crippen LogP contribution in [-0.4, -0.2) is 51.4 Å². The fraction of sp³-hybridized carbons (Fsp3) is 0.923. The summed E-state index contributed by atoms with van der Waals surface area (Å²) in [4.78, 5) is 11.8. The van der Waals surface area contributed by atoms with Crippen LogP contribution in [0.15, 0.2) is 0 Å². The number of ether oxygens (including phenoxy) is 1. The predicted molar refractivity (Wildman–Crippen MR) is 90.6 cm³/mol. The maximum atomic E-state index is 11.8. The van der Waals surface area contributed by atoms with Gasteiger partial charge in [-0.1, -0.05) is 13.8 Å². The van der Waals surface area contributed by atoms with Gasteiger partial charge >= 0.3 is 0 Å². The maximum absolute atomic E-state index is 11.8. The van der Waals surface area contributed by atoms with Crippen LogP contribution < -0.4 is 15.8 Å². The van der Waals surface area contributed by atoms with Crippen LogP contribution in [0.5, 0.6) is 0 Å². The summed E-state index contributed by atoms with van der Waals surface area (Å²) in [5, 5.41) is 2.80. The lowest BCUT2D eigenvalue weighted by Crippen LogP contribution is -2.55. The number of halogens is 1. The quantitative estimate of drug-likeness (QED) is 0.494. The Morgan fingerprint density at radius 1 is 1.27 bits per heavy atom. The molecule has 4 N–H and O–H groups in total. The van der Waals surface area contributed by atoms with E-state index in [1.807, 2.05) is 27.7 Å². The van der Waals surface area contributed by atoms with Gasteiger partial charge in [-0.15, -0.1) is 12.4 Å². The van der Waals surface area contributed by atoms with Gasteiger partial charge in [-0.05, 0) is 26.7 Å². The molecular weight excluding hydrogens is 330 g/mol. The van der Waals surface area contributed by atoms with Gasteiger partial charge in [0.1, 0.15) is 0 Å². The zero-order valence-corrected chi connectivity index (χ0v) is 15.5. The van der Waals surface area contributed by atoms with Gasteiger partial charge in [0.2, 0.25) is 15.9 Å². The van der Waals surface area contributed by atoms with E-state index in [1.165, 1.54) is 0 Å². The molecule has 0 heterocycles. The Bertz CT molecular complexity index is 403. The Kier molecular flexibility index (Phi) is 12.1. The summed E-state index contributed by atoms with van der Waals surface area (Å²) >= 11 is 0. The predicted octanol–water partition coefficient (Wildman–Crippen LogP) is 0.386. The summed E-state index contributed by atoms with van der Waals surface area (Å²) in [5.74, 6) is -0.542. The Morgan fingerprint density at radius 3 is 2.23 bits per heavy atom. The number of amides is 1. The van der Waals surface area contributed by atoms with Crippen molar-refractivity contribution in [2.24, 2.45) is 5.73 Å². The lowest BCUT2D eigenvalue weighted by atomic mass is 9.93. The Hall–Kier alpha value is -0.410. The minimum absolute atomic E-state index is 0. The number of hydrogen-bond acceptors (Lipinski definition) is 5. The van der Waals surface area contributed by atoms with Gasteiger partial charge in [0.25, 0.3) is 0 Å². The third-order valence-electron chi connectivity index (χ3n) is 3.40. The molecule has 0 aliphatic carbocycles. The molecule has 0 unspecified atom stereocenters. The highest BCUT2D eigenvalue weighted by molar-refractivity contribution is 7.89. The molecule has 22 heavy (non-hydrogen) atoms. The molecule has 1 amide bonds. The second-order valence-corrected chi connectivity index (χ2v) is 7.23. The topological polar surface area (TPSA) is 111 Å². The van der Waals surface area contributed by atoms with Crippen molar-refractivity contribution in [2.75, 3.05) is 25.4 Å². The van der Waals surface area contributed by atoms with Crippen molar-refractivity contribution >= 4 is 28.3 Å². The Morgan fingerprint density at radius 2 is 1.82 bits per heavy atom. The van der Waals surface area contributed by atoms with Crippen molar-refractivity contribution in [1.29, 1.82) is 0 Å². The fourth-order valence-electron chi connectivity index (χ4n) is 1.75. The van der Waals surface area contributed by atoms with Gasteiger partial charge in [-0.3, -0.25) is 4.79 Å². The van der Waals surface area contributed by atoms with Gasteiger partial charge in [-0.2, -0.15) is 0 Å². The van der Waals surface area contributed by atoms with Gasteiger partial charge < -0.3 is 15.8 Å². The van der Waals surface area contributed by atoms with E-state index in [0.717, 1.165) is 0 Å². The molecule has 0 aromatic carbocycles. The van der Waals surface area contributed by atoms with E-state index < -0.39 is 15.6 Å². The first-order chi connectivity index (χ1) is 9.70. The second kappa shape index (κ2) is 11.2. The first kappa shape index (κ1) is 23.9. The highest BCUT2D eigenvalue weighted by Gasteiger charge is 2.26. The monoisotopic (exact) mass is 359 g/mol. The van der Waals surface area contributed by atoms with Crippen molar-refractivity contribution in [3.63, 3.8) is 0 Å². The summed E-state index contributed by atoms with van der Waals surface area (Å²) < 4.78 is 30.8. The first-order valence-electron chi connectivity index (χ1n) is 7.30. The van der Waals surface area contributed by atoms with Gasteiger partial charge in [0, 0.05) is 6.54 Å². The normalized spacial score (nSPS) is 12.1. The molecule has 0 rings (SSSR count). The highest BCUT2D eigenvalue weighted by atomic mass is 35.5. The summed E-state index contributed by atoms with van der Waals surface area (Å²) in [5.41, 5.74) is 5.21. The molecule has 0 bridgehead atoms. The van der Waals surface area contributed by atoms with Crippen LogP contribution in [0.25, 0.3) is 0 Å². The average Bonchev–Trinajstić information content (AvgIpc) is 2.42. The first-order valence-corrected chi connectivity index (χ1v) is 8.95. The van der Waals surface area contributed by atoms with Crippen LogP contribution in [0.3, 0.4) is 0 Å². The molecule has 0 aromatic heterocycles. The van der Waals surface area contributed by atoms with Gasteiger partial charge in [0.15, 0.2) is 0 Å². The van der Waals surface area contributed by atoms with Crippen molar-refractivity contribution < 1.29 is 17.9 Å². The Labute approximate surface area is 140 Å². The van der Waals surface area contributed by atoms with E-state index in [0.29, 0.717) is 19.4 Å². The van der Waals surface area contributed by atoms with Crippen molar-refractivity contribution in [1.82, 2.24) is 10.0 Å². The number of sulfonamides is 1. The zero-order valence-electron chi connectivity index (χ0n) is 13.8. The third-order valence-corrected chi connectivity index (χ3v) is 4.69. The lowest BCUT2D eigenvalue weighted by Gasteiger charge is -2.31. The van der Waals surface area contributed by atoms with Crippen LogP contribution in [-0.2, 0) is 19.6 Å². The highest BCUT2D eigenvalue weighted by Crippen LogP contribution is 2.12. The van der Waals surface area contributed by atoms with Crippen LogP contribution in [0.1, 0.15) is 40.5 Å². The van der Waals surface area contributed by atoms with Gasteiger partial charge in [0.05, 0.1) is 30.5 Å². The number of nitrogens with two attached hydrogens (primary N) is 1. The van der Waals surface area contributed by atoms with E-state index in [-0.39, 0.29) is 43.3 Å². The third kappa shape index (κ3) is 9.58. The molecular formula is C13H30ClN3O4S. The molecule has 0 spiro atoms. The summed E-state index contributed by atoms with van der Waals surface area (Å²) in [6.45, 7) is 7.66. The SMILES string of the molecule is CCC(CC)(CN)NC(=O)CNS(=O)(=O)CCOC(C)C.Cl. The molecule has 0 fully saturated rings. The standard InChI is InChI=1S/C13H29N3O4S.ClH/c1-5-13(6-2,10-14)16-12(17)9-15-21(18,19)8-7-20-11(3)4;/h11,15H,5-10,14H2,1-4H3,(H,16,17);1H. The summed E-state index contributed by atoms with van der Waals surface area (Å²) in [6.07, 6.45) is 1.37. The number of carbonyl (C=O) groups excluding carboxylic acids is 1. The average molecular weight is 360 g/mol. The fourth-order valence-corrected chi connectivity index (χ4v) is 2.56. The number of carbonyl (C=O) groups is 1. The van der Waals surface area contributed by atoms with E-state index in [2.05, 4.69) is 10.0 Å². The van der Waals surface area contributed by atoms with E-state index in [4.69, 9.17) is 10.5 Å². The molecule has 134 valence electrons.